The van der Waals surface area contributed by atoms with Gasteiger partial charge in [-0.15, -0.1) is 0 Å². The van der Waals surface area contributed by atoms with E-state index in [-0.39, 0.29) is 5.91 Å². The predicted octanol–water partition coefficient (Wildman–Crippen LogP) is 2.59. The van der Waals surface area contributed by atoms with E-state index < -0.39 is 0 Å². The fraction of sp³-hybridized carbons (Fsp3) is 0.533. The van der Waals surface area contributed by atoms with Crippen molar-refractivity contribution in [2.45, 2.75) is 38.3 Å². The van der Waals surface area contributed by atoms with Gasteiger partial charge in [-0.1, -0.05) is 22.4 Å². The van der Waals surface area contributed by atoms with E-state index in [1.165, 1.54) is 6.42 Å². The number of nitrogens with zero attached hydrogens (tertiary/aromatic N) is 1. The Balaban J connectivity index is 1.94. The number of anilines is 1. The summed E-state index contributed by atoms with van der Waals surface area (Å²) in [5, 5.41) is 2.94. The van der Waals surface area contributed by atoms with E-state index in [0.29, 0.717) is 25.2 Å². The molecule has 2 rings (SSSR count). The molecule has 1 aromatic rings. The minimum Gasteiger partial charge on any atom is -0.329 e. The zero-order valence-corrected chi connectivity index (χ0v) is 13.4. The van der Waals surface area contributed by atoms with Gasteiger partial charge in [0.2, 0.25) is 5.91 Å². The summed E-state index contributed by atoms with van der Waals surface area (Å²) < 4.78 is 1.00. The van der Waals surface area contributed by atoms with Gasteiger partial charge in [0.1, 0.15) is 0 Å². The second-order valence-corrected chi connectivity index (χ2v) is 6.31. The molecule has 0 spiro atoms. The topological polar surface area (TPSA) is 58.4 Å². The minimum atomic E-state index is 0.0273. The molecule has 1 aromatic carbocycles. The second kappa shape index (κ2) is 7.20. The lowest BCUT2D eigenvalue weighted by Gasteiger charge is -2.39. The number of amides is 1. The number of halogens is 1. The van der Waals surface area contributed by atoms with Gasteiger partial charge in [-0.25, -0.2) is 0 Å². The van der Waals surface area contributed by atoms with E-state index >= 15 is 0 Å². The molecule has 1 fully saturated rings. The van der Waals surface area contributed by atoms with Crippen LogP contribution in [0.15, 0.2) is 28.7 Å². The van der Waals surface area contributed by atoms with Crippen LogP contribution >= 0.6 is 15.9 Å². The smallest absolute Gasteiger partial charge is 0.238 e. The van der Waals surface area contributed by atoms with Gasteiger partial charge in [0.25, 0.3) is 0 Å². The van der Waals surface area contributed by atoms with Gasteiger partial charge in [0.15, 0.2) is 0 Å². The van der Waals surface area contributed by atoms with Gasteiger partial charge in [-0.05, 0) is 44.0 Å². The van der Waals surface area contributed by atoms with Crippen molar-refractivity contribution in [3.05, 3.63) is 28.7 Å². The Morgan fingerprint density at radius 2 is 2.10 bits per heavy atom. The summed E-state index contributed by atoms with van der Waals surface area (Å²) in [6, 6.07) is 8.37. The van der Waals surface area contributed by atoms with Gasteiger partial charge in [0, 0.05) is 28.8 Å². The van der Waals surface area contributed by atoms with Crippen LogP contribution in [0.25, 0.3) is 0 Å². The number of nitrogens with two attached hydrogens (primary N) is 1. The van der Waals surface area contributed by atoms with Crippen LogP contribution in [0.3, 0.4) is 0 Å². The normalized spacial score (nSPS) is 23.6. The SMILES string of the molecule is CC1CCCC(CN)N1CC(=O)Nc1ccc(Br)cc1. The van der Waals surface area contributed by atoms with Crippen LogP contribution in [0.5, 0.6) is 0 Å². The molecule has 0 aromatic heterocycles. The predicted molar refractivity (Wildman–Crippen MR) is 85.6 cm³/mol. The van der Waals surface area contributed by atoms with E-state index in [2.05, 4.69) is 33.1 Å². The van der Waals surface area contributed by atoms with Crippen LogP contribution in [0.2, 0.25) is 0 Å². The van der Waals surface area contributed by atoms with Crippen molar-refractivity contribution in [3.8, 4) is 0 Å². The first kappa shape index (κ1) is 15.5. The van der Waals surface area contributed by atoms with E-state index in [1.807, 2.05) is 24.3 Å². The maximum absolute atomic E-state index is 12.2. The third-order valence-corrected chi connectivity index (χ3v) is 4.45. The maximum atomic E-state index is 12.2. The van der Waals surface area contributed by atoms with Crippen LogP contribution in [0.4, 0.5) is 5.69 Å². The molecule has 1 saturated heterocycles. The Hall–Kier alpha value is -0.910. The Morgan fingerprint density at radius 3 is 2.75 bits per heavy atom. The van der Waals surface area contributed by atoms with Crippen molar-refractivity contribution < 1.29 is 4.79 Å². The summed E-state index contributed by atoms with van der Waals surface area (Å²) >= 11 is 3.38. The molecule has 20 heavy (non-hydrogen) atoms. The van der Waals surface area contributed by atoms with Crippen LogP contribution in [-0.2, 0) is 4.79 Å². The molecule has 1 amide bonds. The van der Waals surface area contributed by atoms with Crippen molar-refractivity contribution in [2.75, 3.05) is 18.4 Å². The molecule has 0 bridgehead atoms. The highest BCUT2D eigenvalue weighted by molar-refractivity contribution is 9.10. The Morgan fingerprint density at radius 1 is 1.40 bits per heavy atom. The lowest BCUT2D eigenvalue weighted by Crippen LogP contribution is -2.51. The number of hydrogen-bond acceptors (Lipinski definition) is 3. The van der Waals surface area contributed by atoms with Crippen molar-refractivity contribution in [1.82, 2.24) is 4.90 Å². The van der Waals surface area contributed by atoms with Crippen molar-refractivity contribution in [1.29, 1.82) is 0 Å². The van der Waals surface area contributed by atoms with Gasteiger partial charge >= 0.3 is 0 Å². The zero-order chi connectivity index (χ0) is 14.5. The molecule has 4 nitrogen and oxygen atoms in total. The molecule has 3 N–H and O–H groups in total. The first-order valence-electron chi connectivity index (χ1n) is 7.11. The molecule has 0 radical (unpaired) electrons. The molecule has 5 heteroatoms. The number of rotatable bonds is 4. The third kappa shape index (κ3) is 4.04. The van der Waals surface area contributed by atoms with E-state index in [1.54, 1.807) is 0 Å². The van der Waals surface area contributed by atoms with Crippen LogP contribution in [-0.4, -0.2) is 36.0 Å². The van der Waals surface area contributed by atoms with Crippen LogP contribution < -0.4 is 11.1 Å². The van der Waals surface area contributed by atoms with Crippen molar-refractivity contribution >= 4 is 27.5 Å². The van der Waals surface area contributed by atoms with Gasteiger partial charge in [-0.2, -0.15) is 0 Å². The molecule has 2 atom stereocenters. The van der Waals surface area contributed by atoms with E-state index in [4.69, 9.17) is 5.73 Å². The number of likely N-dealkylation sites (tertiary alicyclic amines) is 1. The fourth-order valence-electron chi connectivity index (χ4n) is 2.78. The highest BCUT2D eigenvalue weighted by atomic mass is 79.9. The van der Waals surface area contributed by atoms with Crippen molar-refractivity contribution in [2.24, 2.45) is 5.73 Å². The fourth-order valence-corrected chi connectivity index (χ4v) is 3.04. The maximum Gasteiger partial charge on any atom is 0.238 e. The molecular weight excluding hydrogens is 318 g/mol. The quantitative estimate of drug-likeness (QED) is 0.886. The Labute approximate surface area is 128 Å². The standard InChI is InChI=1S/C15H22BrN3O/c1-11-3-2-4-14(9-17)19(11)10-15(20)18-13-7-5-12(16)6-8-13/h5-8,11,14H,2-4,9-10,17H2,1H3,(H,18,20). The largest absolute Gasteiger partial charge is 0.329 e. The summed E-state index contributed by atoms with van der Waals surface area (Å²) in [6.45, 7) is 3.21. The summed E-state index contributed by atoms with van der Waals surface area (Å²) in [4.78, 5) is 14.4. The molecule has 1 heterocycles. The monoisotopic (exact) mass is 339 g/mol. The van der Waals surface area contributed by atoms with Crippen LogP contribution in [0.1, 0.15) is 26.2 Å². The number of nitrogens with one attached hydrogen (secondary N) is 1. The first-order chi connectivity index (χ1) is 9.60. The van der Waals surface area contributed by atoms with Crippen molar-refractivity contribution in [3.63, 3.8) is 0 Å². The molecule has 110 valence electrons. The lowest BCUT2D eigenvalue weighted by atomic mass is 9.96. The average Bonchev–Trinajstić information content (AvgIpc) is 2.43. The summed E-state index contributed by atoms with van der Waals surface area (Å²) in [5.41, 5.74) is 6.65. The Bertz CT molecular complexity index is 449. The first-order valence-corrected chi connectivity index (χ1v) is 7.90. The highest BCUT2D eigenvalue weighted by Gasteiger charge is 2.28. The number of carbonyl (C=O) groups excluding carboxylic acids is 1. The third-order valence-electron chi connectivity index (χ3n) is 3.92. The lowest BCUT2D eigenvalue weighted by molar-refractivity contribution is -0.118. The molecule has 0 saturated carbocycles. The average molecular weight is 340 g/mol. The molecule has 1 aliphatic heterocycles. The number of hydrogen-bond donors (Lipinski definition) is 2. The minimum absolute atomic E-state index is 0.0273. The number of carbonyl (C=O) groups is 1. The highest BCUT2D eigenvalue weighted by Crippen LogP contribution is 2.22. The number of piperidine rings is 1. The van der Waals surface area contributed by atoms with E-state index in [9.17, 15) is 4.79 Å². The second-order valence-electron chi connectivity index (χ2n) is 5.40. The Kier molecular flexibility index (Phi) is 5.57. The molecule has 2 unspecified atom stereocenters. The summed E-state index contributed by atoms with van der Waals surface area (Å²) in [5.74, 6) is 0.0273. The summed E-state index contributed by atoms with van der Waals surface area (Å²) in [7, 11) is 0. The van der Waals surface area contributed by atoms with Gasteiger partial charge in [-0.3, -0.25) is 9.69 Å². The number of benzene rings is 1. The zero-order valence-electron chi connectivity index (χ0n) is 11.8. The van der Waals surface area contributed by atoms with Gasteiger partial charge < -0.3 is 11.1 Å². The van der Waals surface area contributed by atoms with Crippen LogP contribution in [0, 0.1) is 0 Å². The molecule has 0 aliphatic carbocycles. The van der Waals surface area contributed by atoms with E-state index in [0.717, 1.165) is 23.0 Å². The molecular formula is C15H22BrN3O. The van der Waals surface area contributed by atoms with Gasteiger partial charge in [0.05, 0.1) is 6.54 Å². The molecule has 1 aliphatic rings. The summed E-state index contributed by atoms with van der Waals surface area (Å²) in [6.07, 6.45) is 3.43.